The van der Waals surface area contributed by atoms with Crippen LogP contribution in [0, 0.1) is 0 Å². The lowest BCUT2D eigenvalue weighted by Crippen LogP contribution is -2.28. The van der Waals surface area contributed by atoms with Crippen LogP contribution in [-0.2, 0) is 0 Å². The van der Waals surface area contributed by atoms with Gasteiger partial charge in [0.15, 0.2) is 0 Å². The van der Waals surface area contributed by atoms with Gasteiger partial charge < -0.3 is 10.1 Å². The maximum absolute atomic E-state index is 6.40. The summed E-state index contributed by atoms with van der Waals surface area (Å²) in [6, 6.07) is 16.0. The lowest BCUT2D eigenvalue weighted by atomic mass is 9.93. The maximum Gasteiger partial charge on any atom is 0.222 e. The number of rotatable bonds is 3. The average molecular weight is 341 g/mol. The number of anilines is 1. The Morgan fingerprint density at radius 1 is 1.12 bits per heavy atom. The average Bonchev–Trinajstić information content (AvgIpc) is 3.10. The molecule has 0 radical (unpaired) electrons. The third-order valence-electron chi connectivity index (χ3n) is 4.41. The zero-order valence-electron chi connectivity index (χ0n) is 13.2. The summed E-state index contributed by atoms with van der Waals surface area (Å²) in [5.41, 5.74) is 2.15. The second-order valence-corrected chi connectivity index (χ2v) is 6.15. The summed E-state index contributed by atoms with van der Waals surface area (Å²) < 4.78 is 7.45. The molecule has 0 amide bonds. The van der Waals surface area contributed by atoms with Gasteiger partial charge in [0.2, 0.25) is 5.95 Å². The van der Waals surface area contributed by atoms with Gasteiger partial charge >= 0.3 is 0 Å². The Morgan fingerprint density at radius 3 is 2.67 bits per heavy atom. The van der Waals surface area contributed by atoms with E-state index in [1.165, 1.54) is 0 Å². The van der Waals surface area contributed by atoms with Gasteiger partial charge in [0.05, 0.1) is 19.2 Å². The van der Waals surface area contributed by atoms with Crippen molar-refractivity contribution in [3.8, 4) is 5.75 Å². The molecule has 1 aliphatic heterocycles. The Kier molecular flexibility index (Phi) is 3.86. The molecule has 3 aromatic rings. The molecule has 0 bridgehead atoms. The summed E-state index contributed by atoms with van der Waals surface area (Å²) in [5.74, 6) is 1.59. The number of para-hydroxylation sites is 1. The first-order chi connectivity index (χ1) is 11.8. The van der Waals surface area contributed by atoms with Crippen molar-refractivity contribution in [3.63, 3.8) is 0 Å². The quantitative estimate of drug-likeness (QED) is 0.780. The van der Waals surface area contributed by atoms with E-state index in [-0.39, 0.29) is 12.1 Å². The van der Waals surface area contributed by atoms with Gasteiger partial charge in [0.1, 0.15) is 12.1 Å². The van der Waals surface area contributed by atoms with Crippen molar-refractivity contribution in [3.05, 3.63) is 71.0 Å². The molecule has 2 aromatic carbocycles. The molecule has 6 heteroatoms. The summed E-state index contributed by atoms with van der Waals surface area (Å²) in [5, 5.41) is 8.58. The van der Waals surface area contributed by atoms with Crippen LogP contribution in [0.15, 0.2) is 54.9 Å². The fraction of sp³-hybridized carbons (Fsp3) is 0.222. The third-order valence-corrected chi connectivity index (χ3v) is 4.75. The molecule has 0 spiro atoms. The smallest absolute Gasteiger partial charge is 0.222 e. The van der Waals surface area contributed by atoms with Crippen LogP contribution < -0.4 is 10.1 Å². The molecular formula is C18H17ClN4O. The van der Waals surface area contributed by atoms with Crippen LogP contribution in [0.3, 0.4) is 0 Å². The van der Waals surface area contributed by atoms with E-state index in [2.05, 4.69) is 21.5 Å². The molecule has 0 aliphatic carbocycles. The number of nitrogens with one attached hydrogen (secondary N) is 1. The van der Waals surface area contributed by atoms with Crippen molar-refractivity contribution in [2.24, 2.45) is 0 Å². The minimum Gasteiger partial charge on any atom is -0.496 e. The molecule has 0 saturated carbocycles. The topological polar surface area (TPSA) is 52.0 Å². The number of fused-ring (bicyclic) bond motifs is 1. The van der Waals surface area contributed by atoms with Crippen LogP contribution >= 0.6 is 11.6 Å². The zero-order chi connectivity index (χ0) is 16.5. The Hall–Kier alpha value is -2.53. The van der Waals surface area contributed by atoms with Crippen LogP contribution in [0.5, 0.6) is 5.75 Å². The third kappa shape index (κ3) is 2.51. The van der Waals surface area contributed by atoms with Crippen LogP contribution in [0.2, 0.25) is 5.02 Å². The molecule has 1 aliphatic rings. The number of halogens is 1. The Labute approximate surface area is 145 Å². The van der Waals surface area contributed by atoms with Crippen molar-refractivity contribution < 1.29 is 4.74 Å². The van der Waals surface area contributed by atoms with Gasteiger partial charge in [-0.3, -0.25) is 0 Å². The first-order valence-electron chi connectivity index (χ1n) is 7.81. The number of hydrogen-bond acceptors (Lipinski definition) is 4. The zero-order valence-corrected chi connectivity index (χ0v) is 13.9. The van der Waals surface area contributed by atoms with Gasteiger partial charge in [-0.25, -0.2) is 4.68 Å². The number of nitrogens with zero attached hydrogens (tertiary/aromatic N) is 3. The van der Waals surface area contributed by atoms with Gasteiger partial charge in [-0.05, 0) is 24.1 Å². The van der Waals surface area contributed by atoms with Crippen molar-refractivity contribution in [1.29, 1.82) is 0 Å². The van der Waals surface area contributed by atoms with E-state index in [9.17, 15) is 0 Å². The number of methoxy groups -OCH3 is 1. The van der Waals surface area contributed by atoms with Gasteiger partial charge in [0.25, 0.3) is 0 Å². The first-order valence-corrected chi connectivity index (χ1v) is 8.19. The van der Waals surface area contributed by atoms with Crippen LogP contribution in [0.4, 0.5) is 5.95 Å². The van der Waals surface area contributed by atoms with E-state index in [4.69, 9.17) is 16.3 Å². The van der Waals surface area contributed by atoms with E-state index in [1.807, 2.05) is 47.1 Å². The van der Waals surface area contributed by atoms with E-state index in [0.29, 0.717) is 0 Å². The highest BCUT2D eigenvalue weighted by Crippen LogP contribution is 2.41. The van der Waals surface area contributed by atoms with Gasteiger partial charge in [-0.15, -0.1) is 0 Å². The molecule has 0 fully saturated rings. The largest absolute Gasteiger partial charge is 0.496 e. The molecule has 24 heavy (non-hydrogen) atoms. The summed E-state index contributed by atoms with van der Waals surface area (Å²) in [4.78, 5) is 4.35. The van der Waals surface area contributed by atoms with Gasteiger partial charge in [-0.1, -0.05) is 48.0 Å². The predicted octanol–water partition coefficient (Wildman–Crippen LogP) is 4.09. The van der Waals surface area contributed by atoms with E-state index >= 15 is 0 Å². The summed E-state index contributed by atoms with van der Waals surface area (Å²) in [6.45, 7) is 0. The minimum atomic E-state index is 0.0289. The summed E-state index contributed by atoms with van der Waals surface area (Å²) in [6.07, 6.45) is 2.38. The fourth-order valence-corrected chi connectivity index (χ4v) is 3.55. The molecule has 2 atom stereocenters. The molecule has 2 heterocycles. The van der Waals surface area contributed by atoms with Crippen molar-refractivity contribution in [2.75, 3.05) is 12.4 Å². The van der Waals surface area contributed by atoms with E-state index in [0.717, 1.165) is 34.3 Å². The molecule has 0 unspecified atom stereocenters. The molecule has 4 rings (SSSR count). The standard InChI is InChI=1S/C18H17ClN4O/c1-24-17-9-5-3-7-13(17)16-10-15(12-6-2-4-8-14(12)19)22-18-20-11-21-23(16)18/h2-9,11,15-16H,10H2,1H3,(H,20,21,22)/t15-,16+/m1/s1. The molecule has 0 saturated heterocycles. The fourth-order valence-electron chi connectivity index (χ4n) is 3.28. The summed E-state index contributed by atoms with van der Waals surface area (Å²) >= 11 is 6.40. The predicted molar refractivity (Wildman–Crippen MR) is 93.6 cm³/mol. The van der Waals surface area contributed by atoms with Crippen LogP contribution in [0.25, 0.3) is 0 Å². The number of aromatic nitrogens is 3. The summed E-state index contributed by atoms with van der Waals surface area (Å²) in [7, 11) is 1.69. The SMILES string of the molecule is COc1ccccc1[C@@H]1C[C@H](c2ccccc2Cl)Nc2ncnn21. The van der Waals surface area contributed by atoms with Crippen molar-refractivity contribution >= 4 is 17.5 Å². The number of hydrogen-bond donors (Lipinski definition) is 1. The Bertz CT molecular complexity index is 863. The lowest BCUT2D eigenvalue weighted by molar-refractivity contribution is 0.380. The minimum absolute atomic E-state index is 0.0289. The molecule has 122 valence electrons. The molecule has 1 aromatic heterocycles. The van der Waals surface area contributed by atoms with Crippen molar-refractivity contribution in [2.45, 2.75) is 18.5 Å². The number of ether oxygens (including phenoxy) is 1. The number of benzene rings is 2. The Morgan fingerprint density at radius 2 is 1.88 bits per heavy atom. The Balaban J connectivity index is 1.79. The van der Waals surface area contributed by atoms with Crippen molar-refractivity contribution in [1.82, 2.24) is 14.8 Å². The highest BCUT2D eigenvalue weighted by Gasteiger charge is 2.32. The molecular weight excluding hydrogens is 324 g/mol. The molecule has 1 N–H and O–H groups in total. The van der Waals surface area contributed by atoms with E-state index in [1.54, 1.807) is 13.4 Å². The first kappa shape index (κ1) is 15.0. The monoisotopic (exact) mass is 340 g/mol. The highest BCUT2D eigenvalue weighted by atomic mass is 35.5. The van der Waals surface area contributed by atoms with Gasteiger partial charge in [0, 0.05) is 10.6 Å². The molecule has 5 nitrogen and oxygen atoms in total. The maximum atomic E-state index is 6.40. The second kappa shape index (κ2) is 6.17. The normalized spacial score (nSPS) is 19.4. The lowest BCUT2D eigenvalue weighted by Gasteiger charge is -2.32. The van der Waals surface area contributed by atoms with Gasteiger partial charge in [-0.2, -0.15) is 10.1 Å². The van der Waals surface area contributed by atoms with E-state index < -0.39 is 0 Å². The second-order valence-electron chi connectivity index (χ2n) is 5.74. The highest BCUT2D eigenvalue weighted by molar-refractivity contribution is 6.31. The van der Waals surface area contributed by atoms with Crippen LogP contribution in [0.1, 0.15) is 29.6 Å². The van der Waals surface area contributed by atoms with Crippen LogP contribution in [-0.4, -0.2) is 21.9 Å².